The van der Waals surface area contributed by atoms with Crippen LogP contribution in [0.15, 0.2) is 48.5 Å². The van der Waals surface area contributed by atoms with E-state index in [2.05, 4.69) is 5.32 Å². The first-order chi connectivity index (χ1) is 9.95. The molecule has 0 unspecified atom stereocenters. The van der Waals surface area contributed by atoms with E-state index in [1.54, 1.807) is 25.3 Å². The number of methoxy groups -OCH3 is 1. The average Bonchev–Trinajstić information content (AvgIpc) is 2.50. The van der Waals surface area contributed by atoms with Crippen molar-refractivity contribution in [2.24, 2.45) is 0 Å². The van der Waals surface area contributed by atoms with E-state index >= 15 is 0 Å². The average molecular weight is 284 g/mol. The Kier molecular flexibility index (Phi) is 4.17. The van der Waals surface area contributed by atoms with Crippen molar-refractivity contribution in [3.63, 3.8) is 0 Å². The number of hydrogen-bond donors (Lipinski definition) is 2. The van der Waals surface area contributed by atoms with Crippen LogP contribution in [0.5, 0.6) is 5.75 Å². The molecule has 0 fully saturated rings. The summed E-state index contributed by atoms with van der Waals surface area (Å²) in [6, 6.07) is 14.8. The van der Waals surface area contributed by atoms with Crippen molar-refractivity contribution in [3.05, 3.63) is 54.1 Å². The van der Waals surface area contributed by atoms with Gasteiger partial charge in [0.15, 0.2) is 0 Å². The molecule has 0 spiro atoms. The lowest BCUT2D eigenvalue weighted by Gasteiger charge is -2.24. The van der Waals surface area contributed by atoms with Gasteiger partial charge in [0.25, 0.3) is 0 Å². The van der Waals surface area contributed by atoms with Crippen LogP contribution in [0.4, 0.5) is 11.4 Å². The zero-order valence-electron chi connectivity index (χ0n) is 12.5. The molecule has 0 atom stereocenters. The van der Waals surface area contributed by atoms with Gasteiger partial charge in [0.05, 0.1) is 23.9 Å². The minimum atomic E-state index is -0.656. The Labute approximate surface area is 124 Å². The molecule has 0 aromatic heterocycles. The molecule has 4 heteroatoms. The Morgan fingerprint density at radius 1 is 1.14 bits per heavy atom. The fourth-order valence-electron chi connectivity index (χ4n) is 2.04. The maximum atomic E-state index is 12.6. The molecular weight excluding hydrogens is 264 g/mol. The van der Waals surface area contributed by atoms with E-state index in [4.69, 9.17) is 10.5 Å². The van der Waals surface area contributed by atoms with Gasteiger partial charge in [0, 0.05) is 6.07 Å². The molecule has 2 aromatic carbocycles. The number of rotatable bonds is 4. The summed E-state index contributed by atoms with van der Waals surface area (Å²) in [5.41, 5.74) is 7.26. The summed E-state index contributed by atoms with van der Waals surface area (Å²) in [5, 5.41) is 2.88. The van der Waals surface area contributed by atoms with Crippen LogP contribution in [0, 0.1) is 0 Å². The Balaban J connectivity index is 2.25. The second-order valence-corrected chi connectivity index (χ2v) is 5.40. The van der Waals surface area contributed by atoms with Gasteiger partial charge in [-0.25, -0.2) is 0 Å². The number of nitrogen functional groups attached to an aromatic ring is 1. The van der Waals surface area contributed by atoms with E-state index in [9.17, 15) is 4.79 Å². The van der Waals surface area contributed by atoms with Crippen molar-refractivity contribution in [2.45, 2.75) is 19.3 Å². The fraction of sp³-hybridized carbons (Fsp3) is 0.235. The third-order valence-corrected chi connectivity index (χ3v) is 3.57. The van der Waals surface area contributed by atoms with Gasteiger partial charge in [-0.2, -0.15) is 0 Å². The highest BCUT2D eigenvalue weighted by molar-refractivity contribution is 6.00. The van der Waals surface area contributed by atoms with Gasteiger partial charge in [0.2, 0.25) is 5.91 Å². The summed E-state index contributed by atoms with van der Waals surface area (Å²) in [6.07, 6.45) is 0. The first kappa shape index (κ1) is 14.9. The van der Waals surface area contributed by atoms with Crippen molar-refractivity contribution in [1.29, 1.82) is 0 Å². The van der Waals surface area contributed by atoms with Crippen LogP contribution in [0.2, 0.25) is 0 Å². The normalized spacial score (nSPS) is 11.0. The van der Waals surface area contributed by atoms with E-state index in [1.165, 1.54) is 0 Å². The summed E-state index contributed by atoms with van der Waals surface area (Å²) in [7, 11) is 1.57. The molecule has 0 aliphatic heterocycles. The van der Waals surface area contributed by atoms with E-state index in [-0.39, 0.29) is 5.91 Å². The van der Waals surface area contributed by atoms with Gasteiger partial charge in [-0.15, -0.1) is 0 Å². The molecule has 3 N–H and O–H groups in total. The number of anilines is 2. The van der Waals surface area contributed by atoms with Crippen LogP contribution in [-0.2, 0) is 10.2 Å². The molecule has 4 nitrogen and oxygen atoms in total. The summed E-state index contributed by atoms with van der Waals surface area (Å²) in [5.74, 6) is 0.533. The maximum Gasteiger partial charge on any atom is 0.234 e. The second kappa shape index (κ2) is 5.87. The van der Waals surface area contributed by atoms with Crippen molar-refractivity contribution in [3.8, 4) is 5.75 Å². The molecular formula is C17H20N2O2. The number of amides is 1. The molecule has 0 aliphatic carbocycles. The third-order valence-electron chi connectivity index (χ3n) is 3.57. The first-order valence-corrected chi connectivity index (χ1v) is 6.75. The Hall–Kier alpha value is -2.49. The van der Waals surface area contributed by atoms with Gasteiger partial charge in [-0.3, -0.25) is 4.79 Å². The van der Waals surface area contributed by atoms with Gasteiger partial charge >= 0.3 is 0 Å². The van der Waals surface area contributed by atoms with Gasteiger partial charge in [-0.1, -0.05) is 30.3 Å². The number of carbonyl (C=O) groups excluding carboxylic acids is 1. The topological polar surface area (TPSA) is 64.3 Å². The molecule has 1 amide bonds. The number of carbonyl (C=O) groups is 1. The molecule has 2 rings (SSSR count). The van der Waals surface area contributed by atoms with E-state index in [0.29, 0.717) is 17.1 Å². The Bertz CT molecular complexity index is 636. The third kappa shape index (κ3) is 3.16. The van der Waals surface area contributed by atoms with Crippen molar-refractivity contribution >= 4 is 17.3 Å². The Morgan fingerprint density at radius 2 is 1.81 bits per heavy atom. The van der Waals surface area contributed by atoms with E-state index in [0.717, 1.165) is 5.56 Å². The van der Waals surface area contributed by atoms with Crippen molar-refractivity contribution in [1.82, 2.24) is 0 Å². The van der Waals surface area contributed by atoms with Crippen LogP contribution in [-0.4, -0.2) is 13.0 Å². The lowest BCUT2D eigenvalue weighted by molar-refractivity contribution is -0.120. The lowest BCUT2D eigenvalue weighted by atomic mass is 9.83. The van der Waals surface area contributed by atoms with Gasteiger partial charge in [-0.05, 0) is 31.5 Å². The second-order valence-electron chi connectivity index (χ2n) is 5.40. The summed E-state index contributed by atoms with van der Waals surface area (Å²) in [4.78, 5) is 12.6. The van der Waals surface area contributed by atoms with Crippen LogP contribution >= 0.6 is 0 Å². The Morgan fingerprint density at radius 3 is 2.43 bits per heavy atom. The van der Waals surface area contributed by atoms with Crippen LogP contribution < -0.4 is 15.8 Å². The molecule has 0 saturated heterocycles. The minimum absolute atomic E-state index is 0.117. The van der Waals surface area contributed by atoms with Gasteiger partial charge in [0.1, 0.15) is 5.75 Å². The lowest BCUT2D eigenvalue weighted by Crippen LogP contribution is -2.34. The SMILES string of the molecule is COc1ccc(N)c(NC(=O)C(C)(C)c2ccccc2)c1. The van der Waals surface area contributed by atoms with Crippen LogP contribution in [0.25, 0.3) is 0 Å². The van der Waals surface area contributed by atoms with Crippen molar-refractivity contribution < 1.29 is 9.53 Å². The number of ether oxygens (including phenoxy) is 1. The maximum absolute atomic E-state index is 12.6. The molecule has 0 radical (unpaired) electrons. The van der Waals surface area contributed by atoms with E-state index in [1.807, 2.05) is 44.2 Å². The highest BCUT2D eigenvalue weighted by Crippen LogP contribution is 2.28. The summed E-state index contributed by atoms with van der Waals surface area (Å²) < 4.78 is 5.15. The molecule has 0 bridgehead atoms. The first-order valence-electron chi connectivity index (χ1n) is 6.75. The molecule has 2 aromatic rings. The quantitative estimate of drug-likeness (QED) is 0.847. The largest absolute Gasteiger partial charge is 0.497 e. The molecule has 110 valence electrons. The minimum Gasteiger partial charge on any atom is -0.497 e. The van der Waals surface area contributed by atoms with Crippen molar-refractivity contribution in [2.75, 3.05) is 18.2 Å². The standard InChI is InChI=1S/C17H20N2O2/c1-17(2,12-7-5-4-6-8-12)16(20)19-15-11-13(21-3)9-10-14(15)18/h4-11H,18H2,1-3H3,(H,19,20). The van der Waals surface area contributed by atoms with Crippen LogP contribution in [0.3, 0.4) is 0 Å². The smallest absolute Gasteiger partial charge is 0.234 e. The predicted octanol–water partition coefficient (Wildman–Crippen LogP) is 3.19. The zero-order chi connectivity index (χ0) is 15.5. The molecule has 0 aliphatic rings. The fourth-order valence-corrected chi connectivity index (χ4v) is 2.04. The van der Waals surface area contributed by atoms with Crippen LogP contribution in [0.1, 0.15) is 19.4 Å². The monoisotopic (exact) mass is 284 g/mol. The summed E-state index contributed by atoms with van der Waals surface area (Å²) in [6.45, 7) is 3.77. The molecule has 21 heavy (non-hydrogen) atoms. The number of hydrogen-bond acceptors (Lipinski definition) is 3. The van der Waals surface area contributed by atoms with E-state index < -0.39 is 5.41 Å². The van der Waals surface area contributed by atoms with Gasteiger partial charge < -0.3 is 15.8 Å². The zero-order valence-corrected chi connectivity index (χ0v) is 12.5. The highest BCUT2D eigenvalue weighted by atomic mass is 16.5. The molecule has 0 saturated carbocycles. The molecule has 0 heterocycles. The number of nitrogens with one attached hydrogen (secondary N) is 1. The number of benzene rings is 2. The highest BCUT2D eigenvalue weighted by Gasteiger charge is 2.30. The predicted molar refractivity (Wildman–Crippen MR) is 85.5 cm³/mol. The summed E-state index contributed by atoms with van der Waals surface area (Å²) >= 11 is 0. The number of nitrogens with two attached hydrogens (primary N) is 1.